The van der Waals surface area contributed by atoms with Gasteiger partial charge in [0.2, 0.25) is 11.8 Å². The molecule has 1 aliphatic heterocycles. The van der Waals surface area contributed by atoms with Crippen molar-refractivity contribution in [2.24, 2.45) is 0 Å². The summed E-state index contributed by atoms with van der Waals surface area (Å²) in [7, 11) is 1.59. The molecule has 0 radical (unpaired) electrons. The number of hydrogen-bond donors (Lipinski definition) is 2. The first-order valence-corrected chi connectivity index (χ1v) is 9.26. The molecule has 1 saturated heterocycles. The predicted molar refractivity (Wildman–Crippen MR) is 91.9 cm³/mol. The van der Waals surface area contributed by atoms with Gasteiger partial charge >= 0.3 is 0 Å². The van der Waals surface area contributed by atoms with Crippen LogP contribution in [0.1, 0.15) is 32.1 Å². The number of hydrogen-bond acceptors (Lipinski definition) is 6. The minimum atomic E-state index is -0.682. The van der Waals surface area contributed by atoms with Gasteiger partial charge in [0, 0.05) is 37.8 Å². The van der Waals surface area contributed by atoms with Gasteiger partial charge in [-0.05, 0) is 25.7 Å². The van der Waals surface area contributed by atoms with Crippen LogP contribution in [0.2, 0.25) is 0 Å². The highest BCUT2D eigenvalue weighted by Crippen LogP contribution is 2.30. The molecule has 2 N–H and O–H groups in total. The van der Waals surface area contributed by atoms with Crippen LogP contribution in [0.25, 0.3) is 0 Å². The molecule has 2 heterocycles. The number of likely N-dealkylation sites (tertiary alicyclic amines) is 1. The minimum Gasteiger partial charge on any atom is -0.384 e. The van der Waals surface area contributed by atoms with E-state index in [4.69, 9.17) is 4.74 Å². The molecule has 7 nitrogen and oxygen atoms in total. The number of ether oxygens (including phenoxy) is 1. The molecule has 3 rings (SSSR count). The summed E-state index contributed by atoms with van der Waals surface area (Å²) in [4.78, 5) is 31.1. The summed E-state index contributed by atoms with van der Waals surface area (Å²) in [6.07, 6.45) is 5.40. The van der Waals surface area contributed by atoms with Gasteiger partial charge < -0.3 is 20.3 Å². The fourth-order valence-electron chi connectivity index (χ4n) is 2.94. The third-order valence-corrected chi connectivity index (χ3v) is 5.30. The normalized spacial score (nSPS) is 19.8. The molecule has 0 spiro atoms. The molecule has 0 aromatic carbocycles. The first-order chi connectivity index (χ1) is 11.6. The Morgan fingerprint density at radius 3 is 2.75 bits per heavy atom. The lowest BCUT2D eigenvalue weighted by Gasteiger charge is -2.41. The van der Waals surface area contributed by atoms with E-state index in [2.05, 4.69) is 15.6 Å². The number of amides is 2. The summed E-state index contributed by atoms with van der Waals surface area (Å²) in [5.41, 5.74) is -0.682. The fraction of sp³-hybridized carbons (Fsp3) is 0.688. The van der Waals surface area contributed by atoms with Crippen LogP contribution < -0.4 is 10.6 Å². The Morgan fingerprint density at radius 1 is 1.42 bits per heavy atom. The quantitative estimate of drug-likeness (QED) is 0.771. The Bertz CT molecular complexity index is 566. The summed E-state index contributed by atoms with van der Waals surface area (Å²) in [5, 5.41) is 9.09. The van der Waals surface area contributed by atoms with Crippen molar-refractivity contribution in [3.05, 3.63) is 11.6 Å². The number of nitrogens with one attached hydrogen (secondary N) is 2. The fourth-order valence-corrected chi connectivity index (χ4v) is 3.56. The summed E-state index contributed by atoms with van der Waals surface area (Å²) < 4.78 is 4.97. The number of carbonyl (C=O) groups excluding carboxylic acids is 2. The maximum absolute atomic E-state index is 12.8. The average Bonchev–Trinajstić information content (AvgIpc) is 3.26. The van der Waals surface area contributed by atoms with E-state index in [1.54, 1.807) is 13.3 Å². The van der Waals surface area contributed by atoms with Crippen molar-refractivity contribution in [2.45, 2.75) is 43.7 Å². The van der Waals surface area contributed by atoms with Crippen LogP contribution in [-0.4, -0.2) is 60.1 Å². The third kappa shape index (κ3) is 4.05. The Hall–Kier alpha value is -1.67. The van der Waals surface area contributed by atoms with Gasteiger partial charge in [-0.2, -0.15) is 0 Å². The van der Waals surface area contributed by atoms with Gasteiger partial charge in [0.1, 0.15) is 5.54 Å². The second-order valence-electron chi connectivity index (χ2n) is 6.42. The van der Waals surface area contributed by atoms with Crippen molar-refractivity contribution in [3.63, 3.8) is 0 Å². The molecule has 1 aromatic rings. The number of methoxy groups -OCH3 is 1. The highest BCUT2D eigenvalue weighted by atomic mass is 32.1. The molecule has 1 aromatic heterocycles. The first kappa shape index (κ1) is 17.2. The summed E-state index contributed by atoms with van der Waals surface area (Å²) in [5.74, 6) is 0.117. The first-order valence-electron chi connectivity index (χ1n) is 8.38. The van der Waals surface area contributed by atoms with Crippen LogP contribution >= 0.6 is 11.3 Å². The lowest BCUT2D eigenvalue weighted by Crippen LogP contribution is -2.59. The van der Waals surface area contributed by atoms with Gasteiger partial charge in [0.05, 0.1) is 13.0 Å². The van der Waals surface area contributed by atoms with Gasteiger partial charge in [0.25, 0.3) is 0 Å². The monoisotopic (exact) mass is 352 g/mol. The number of anilines is 1. The topological polar surface area (TPSA) is 83.6 Å². The van der Waals surface area contributed by atoms with Crippen molar-refractivity contribution in [3.8, 4) is 0 Å². The van der Waals surface area contributed by atoms with Gasteiger partial charge in [-0.15, -0.1) is 11.3 Å². The molecule has 2 fully saturated rings. The summed E-state index contributed by atoms with van der Waals surface area (Å²) >= 11 is 1.49. The van der Waals surface area contributed by atoms with Crippen LogP contribution in [0.15, 0.2) is 11.6 Å². The van der Waals surface area contributed by atoms with E-state index in [1.165, 1.54) is 11.3 Å². The van der Waals surface area contributed by atoms with Gasteiger partial charge in [-0.3, -0.25) is 9.59 Å². The highest BCUT2D eigenvalue weighted by molar-refractivity contribution is 7.13. The van der Waals surface area contributed by atoms with Gasteiger partial charge in [-0.1, -0.05) is 0 Å². The molecule has 1 saturated carbocycles. The van der Waals surface area contributed by atoms with Crippen LogP contribution in [0.5, 0.6) is 0 Å². The molecular weight excluding hydrogens is 328 g/mol. The van der Waals surface area contributed by atoms with Gasteiger partial charge in [-0.25, -0.2) is 4.98 Å². The lowest BCUT2D eigenvalue weighted by atomic mass is 9.86. The molecule has 0 atom stereocenters. The Morgan fingerprint density at radius 2 is 2.17 bits per heavy atom. The Kier molecular flexibility index (Phi) is 5.35. The van der Waals surface area contributed by atoms with E-state index in [9.17, 15) is 9.59 Å². The smallest absolute Gasteiger partial charge is 0.246 e. The molecule has 2 amide bonds. The van der Waals surface area contributed by atoms with E-state index in [0.717, 1.165) is 18.0 Å². The molecule has 24 heavy (non-hydrogen) atoms. The molecule has 0 unspecified atom stereocenters. The standard InChI is InChI=1S/C16H24N4O3S/c1-23-10-4-13(21)20-8-5-16(6-9-20,14(22)18-12-2-3-12)19-15-17-7-11-24-15/h7,11-12H,2-6,8-10H2,1H3,(H,17,19)(H,18,22). The molecule has 1 aliphatic carbocycles. The van der Waals surface area contributed by atoms with Gasteiger partial charge in [0.15, 0.2) is 5.13 Å². The zero-order chi connectivity index (χ0) is 17.0. The number of nitrogens with zero attached hydrogens (tertiary/aromatic N) is 2. The number of rotatable bonds is 7. The number of aromatic nitrogens is 1. The highest BCUT2D eigenvalue weighted by Gasteiger charge is 2.44. The van der Waals surface area contributed by atoms with Crippen molar-refractivity contribution in [2.75, 3.05) is 32.1 Å². The Labute approximate surface area is 145 Å². The second-order valence-corrected chi connectivity index (χ2v) is 7.31. The predicted octanol–water partition coefficient (Wildman–Crippen LogP) is 1.23. The summed E-state index contributed by atoms with van der Waals surface area (Å²) in [6.45, 7) is 1.57. The van der Waals surface area contributed by atoms with Crippen LogP contribution in [0.3, 0.4) is 0 Å². The van der Waals surface area contributed by atoms with E-state index in [1.807, 2.05) is 10.3 Å². The van der Waals surface area contributed by atoms with Crippen molar-refractivity contribution < 1.29 is 14.3 Å². The number of thiazole rings is 1. The van der Waals surface area contributed by atoms with E-state index >= 15 is 0 Å². The van der Waals surface area contributed by atoms with E-state index < -0.39 is 5.54 Å². The maximum atomic E-state index is 12.8. The largest absolute Gasteiger partial charge is 0.384 e. The SMILES string of the molecule is COCCC(=O)N1CCC(Nc2nccs2)(C(=O)NC2CC2)CC1. The number of carbonyl (C=O) groups is 2. The second kappa shape index (κ2) is 7.48. The van der Waals surface area contributed by atoms with E-state index in [-0.39, 0.29) is 11.8 Å². The maximum Gasteiger partial charge on any atom is 0.246 e. The van der Waals surface area contributed by atoms with E-state index in [0.29, 0.717) is 45.0 Å². The molecule has 8 heteroatoms. The summed E-state index contributed by atoms with van der Waals surface area (Å²) in [6, 6.07) is 0.314. The van der Waals surface area contributed by atoms with Crippen LogP contribution in [0, 0.1) is 0 Å². The van der Waals surface area contributed by atoms with Crippen molar-refractivity contribution in [1.82, 2.24) is 15.2 Å². The number of piperidine rings is 1. The molecule has 132 valence electrons. The lowest BCUT2D eigenvalue weighted by molar-refractivity contribution is -0.136. The molecular formula is C16H24N4O3S. The average molecular weight is 352 g/mol. The van der Waals surface area contributed by atoms with Crippen LogP contribution in [0.4, 0.5) is 5.13 Å². The third-order valence-electron chi connectivity index (χ3n) is 4.62. The van der Waals surface area contributed by atoms with Crippen LogP contribution in [-0.2, 0) is 14.3 Å². The zero-order valence-corrected chi connectivity index (χ0v) is 14.7. The van der Waals surface area contributed by atoms with Crippen molar-refractivity contribution in [1.29, 1.82) is 0 Å². The van der Waals surface area contributed by atoms with Crippen molar-refractivity contribution >= 4 is 28.3 Å². The zero-order valence-electron chi connectivity index (χ0n) is 13.9. The minimum absolute atomic E-state index is 0.0317. The molecule has 0 bridgehead atoms. The Balaban J connectivity index is 1.65. The molecule has 2 aliphatic rings.